The van der Waals surface area contributed by atoms with Gasteiger partial charge in [0.2, 0.25) is 5.91 Å². The van der Waals surface area contributed by atoms with Crippen molar-refractivity contribution in [2.75, 3.05) is 13.1 Å². The monoisotopic (exact) mass is 240 g/mol. The van der Waals surface area contributed by atoms with Gasteiger partial charge in [-0.1, -0.05) is 6.58 Å². The lowest BCUT2D eigenvalue weighted by Gasteiger charge is -2.01. The summed E-state index contributed by atoms with van der Waals surface area (Å²) in [6.07, 6.45) is 0.818. The fraction of sp³-hybridized carbons (Fsp3) is 0.571. The van der Waals surface area contributed by atoms with Crippen molar-refractivity contribution in [2.24, 2.45) is 5.73 Å². The van der Waals surface area contributed by atoms with Crippen LogP contribution in [-0.2, 0) is 15.2 Å². The van der Waals surface area contributed by atoms with Crippen LogP contribution < -0.4 is 11.1 Å². The molecule has 7 nitrogen and oxygen atoms in total. The molecule has 0 rings (SSSR count). The van der Waals surface area contributed by atoms with Crippen LogP contribution in [0.15, 0.2) is 12.2 Å². The third-order valence-electron chi connectivity index (χ3n) is 1.05. The fourth-order valence-electron chi connectivity index (χ4n) is 0.455. The summed E-state index contributed by atoms with van der Waals surface area (Å²) < 4.78 is 31.6. The summed E-state index contributed by atoms with van der Waals surface area (Å²) >= 11 is 0. The number of rotatable bonds is 4. The maximum absolute atomic E-state index is 10.8. The SMILES string of the molecule is C=C(C)C(=O)NCCCN.O=S(=O)(O)O. The fourth-order valence-corrected chi connectivity index (χ4v) is 0.455. The molecule has 1 amide bonds. The van der Waals surface area contributed by atoms with Crippen molar-refractivity contribution in [2.45, 2.75) is 13.3 Å². The highest BCUT2D eigenvalue weighted by molar-refractivity contribution is 7.79. The van der Waals surface area contributed by atoms with Gasteiger partial charge >= 0.3 is 10.4 Å². The van der Waals surface area contributed by atoms with Gasteiger partial charge in [-0.15, -0.1) is 0 Å². The van der Waals surface area contributed by atoms with Crippen LogP contribution in [0.3, 0.4) is 0 Å². The van der Waals surface area contributed by atoms with Gasteiger partial charge in [-0.05, 0) is 19.9 Å². The largest absolute Gasteiger partial charge is 0.394 e. The van der Waals surface area contributed by atoms with Crippen molar-refractivity contribution in [3.8, 4) is 0 Å². The van der Waals surface area contributed by atoms with Gasteiger partial charge in [0.15, 0.2) is 0 Å². The Bertz CT molecular complexity index is 291. The van der Waals surface area contributed by atoms with Crippen molar-refractivity contribution >= 4 is 16.3 Å². The minimum absolute atomic E-state index is 0.0894. The van der Waals surface area contributed by atoms with Crippen LogP contribution >= 0.6 is 0 Å². The lowest BCUT2D eigenvalue weighted by molar-refractivity contribution is -0.117. The maximum atomic E-state index is 10.8. The van der Waals surface area contributed by atoms with Gasteiger partial charge in [-0.3, -0.25) is 13.9 Å². The highest BCUT2D eigenvalue weighted by atomic mass is 32.3. The van der Waals surface area contributed by atoms with E-state index in [9.17, 15) is 4.79 Å². The molecule has 5 N–H and O–H groups in total. The van der Waals surface area contributed by atoms with Crippen molar-refractivity contribution in [1.82, 2.24) is 5.32 Å². The first-order chi connectivity index (χ1) is 6.68. The van der Waals surface area contributed by atoms with Crippen LogP contribution in [-0.4, -0.2) is 36.5 Å². The molecule has 0 radical (unpaired) electrons. The number of hydrogen-bond acceptors (Lipinski definition) is 4. The van der Waals surface area contributed by atoms with E-state index in [1.165, 1.54) is 0 Å². The molecule has 90 valence electrons. The van der Waals surface area contributed by atoms with Crippen LogP contribution in [0.1, 0.15) is 13.3 Å². The number of amides is 1. The Morgan fingerprint density at radius 1 is 1.47 bits per heavy atom. The van der Waals surface area contributed by atoms with Crippen LogP contribution in [0.25, 0.3) is 0 Å². The molecule has 0 bridgehead atoms. The Labute approximate surface area is 88.9 Å². The summed E-state index contributed by atoms with van der Waals surface area (Å²) in [5.41, 5.74) is 5.76. The number of carbonyl (C=O) groups excluding carboxylic acids is 1. The van der Waals surface area contributed by atoms with E-state index in [-0.39, 0.29) is 5.91 Å². The van der Waals surface area contributed by atoms with E-state index in [4.69, 9.17) is 23.3 Å². The Kier molecular flexibility index (Phi) is 9.18. The quantitative estimate of drug-likeness (QED) is 0.294. The molecule has 8 heteroatoms. The highest BCUT2D eigenvalue weighted by Crippen LogP contribution is 1.84. The normalized spacial score (nSPS) is 9.87. The van der Waals surface area contributed by atoms with Crippen LogP contribution in [0.4, 0.5) is 0 Å². The maximum Gasteiger partial charge on any atom is 0.394 e. The predicted molar refractivity (Wildman–Crippen MR) is 55.7 cm³/mol. The number of nitrogens with one attached hydrogen (secondary N) is 1. The van der Waals surface area contributed by atoms with Gasteiger partial charge in [-0.2, -0.15) is 8.42 Å². The number of hydrogen-bond donors (Lipinski definition) is 4. The molecule has 0 heterocycles. The number of carbonyl (C=O) groups is 1. The molecule has 15 heavy (non-hydrogen) atoms. The van der Waals surface area contributed by atoms with Crippen molar-refractivity contribution < 1.29 is 22.3 Å². The van der Waals surface area contributed by atoms with E-state index in [1.807, 2.05) is 0 Å². The third kappa shape index (κ3) is 24.6. The molecule has 0 saturated heterocycles. The summed E-state index contributed by atoms with van der Waals surface area (Å²) in [5, 5.41) is 2.66. The first kappa shape index (κ1) is 16.5. The van der Waals surface area contributed by atoms with Gasteiger partial charge in [0.25, 0.3) is 0 Å². The van der Waals surface area contributed by atoms with Crippen molar-refractivity contribution in [3.63, 3.8) is 0 Å². The molecule has 0 aromatic heterocycles. The minimum atomic E-state index is -4.67. The average molecular weight is 240 g/mol. The zero-order valence-corrected chi connectivity index (χ0v) is 9.25. The van der Waals surface area contributed by atoms with Crippen LogP contribution in [0.2, 0.25) is 0 Å². The van der Waals surface area contributed by atoms with Gasteiger partial charge < -0.3 is 11.1 Å². The van der Waals surface area contributed by atoms with Crippen molar-refractivity contribution in [1.29, 1.82) is 0 Å². The molecule has 0 aliphatic carbocycles. The Hall–Kier alpha value is -0.960. The molecular formula is C7H16N2O5S. The molecule has 0 aromatic carbocycles. The smallest absolute Gasteiger partial charge is 0.352 e. The number of nitrogens with two attached hydrogens (primary N) is 1. The second kappa shape index (κ2) is 8.36. The summed E-state index contributed by atoms with van der Waals surface area (Å²) in [7, 11) is -4.67. The minimum Gasteiger partial charge on any atom is -0.352 e. The van der Waals surface area contributed by atoms with E-state index in [1.54, 1.807) is 6.92 Å². The molecule has 0 atom stereocenters. The van der Waals surface area contributed by atoms with Gasteiger partial charge in [0.1, 0.15) is 0 Å². The second-order valence-electron chi connectivity index (χ2n) is 2.63. The van der Waals surface area contributed by atoms with E-state index in [0.717, 1.165) is 6.42 Å². The summed E-state index contributed by atoms with van der Waals surface area (Å²) in [6.45, 7) is 6.42. The topological polar surface area (TPSA) is 130 Å². The summed E-state index contributed by atoms with van der Waals surface area (Å²) in [6, 6.07) is 0. The zero-order chi connectivity index (χ0) is 12.5. The standard InChI is InChI=1S/C7H14N2O.H2O4S/c1-6(2)7(10)9-5-3-4-8;1-5(2,3)4/h1,3-5,8H2,2H3,(H,9,10);(H2,1,2,3,4). The van der Waals surface area contributed by atoms with Gasteiger partial charge in [0, 0.05) is 12.1 Å². The molecule has 0 fully saturated rings. The molecule has 0 spiro atoms. The molecule has 0 aliphatic heterocycles. The predicted octanol–water partition coefficient (Wildman–Crippen LogP) is -0.625. The Balaban J connectivity index is 0. The first-order valence-electron chi connectivity index (χ1n) is 4.02. The molecular weight excluding hydrogens is 224 g/mol. The average Bonchev–Trinajstić information content (AvgIpc) is 2.01. The van der Waals surface area contributed by atoms with Gasteiger partial charge in [-0.25, -0.2) is 0 Å². The van der Waals surface area contributed by atoms with E-state index < -0.39 is 10.4 Å². The van der Waals surface area contributed by atoms with E-state index in [2.05, 4.69) is 11.9 Å². The zero-order valence-electron chi connectivity index (χ0n) is 8.43. The van der Waals surface area contributed by atoms with Crippen molar-refractivity contribution in [3.05, 3.63) is 12.2 Å². The lowest BCUT2D eigenvalue weighted by Crippen LogP contribution is -2.26. The molecule has 0 unspecified atom stereocenters. The van der Waals surface area contributed by atoms with Crippen LogP contribution in [0, 0.1) is 0 Å². The summed E-state index contributed by atoms with van der Waals surface area (Å²) in [4.78, 5) is 10.8. The Morgan fingerprint density at radius 2 is 1.87 bits per heavy atom. The van der Waals surface area contributed by atoms with Gasteiger partial charge in [0.05, 0.1) is 0 Å². The van der Waals surface area contributed by atoms with E-state index >= 15 is 0 Å². The third-order valence-corrected chi connectivity index (χ3v) is 1.05. The highest BCUT2D eigenvalue weighted by Gasteiger charge is 1.97. The molecule has 0 aromatic rings. The summed E-state index contributed by atoms with van der Waals surface area (Å²) in [5.74, 6) is -0.0894. The Morgan fingerprint density at radius 3 is 2.13 bits per heavy atom. The van der Waals surface area contributed by atoms with E-state index in [0.29, 0.717) is 18.7 Å². The molecule has 0 aliphatic rings. The lowest BCUT2D eigenvalue weighted by atomic mass is 10.3. The van der Waals surface area contributed by atoms with Crippen LogP contribution in [0.5, 0.6) is 0 Å². The first-order valence-corrected chi connectivity index (χ1v) is 5.41. The second-order valence-corrected chi connectivity index (χ2v) is 3.52. The molecule has 0 saturated carbocycles.